The molecule has 2 aromatic rings. The maximum absolute atomic E-state index is 5.79. The van der Waals surface area contributed by atoms with E-state index in [0.29, 0.717) is 13.2 Å². The molecule has 0 fully saturated rings. The summed E-state index contributed by atoms with van der Waals surface area (Å²) in [6, 6.07) is 8.84. The Morgan fingerprint density at radius 3 is 2.46 bits per heavy atom. The number of hydrogen-bond acceptors (Lipinski definition) is 4. The Hall–Kier alpha value is -2.20. The first kappa shape index (κ1) is 15.3. The van der Waals surface area contributed by atoms with Gasteiger partial charge in [0.05, 0.1) is 13.2 Å². The van der Waals surface area contributed by atoms with Gasteiger partial charge in [0.2, 0.25) is 0 Å². The number of aryl methyl sites for hydroxylation is 2. The third-order valence-electron chi connectivity index (χ3n) is 4.95. The van der Waals surface area contributed by atoms with Crippen LogP contribution in [-0.4, -0.2) is 26.9 Å². The molecule has 0 bridgehead atoms. The van der Waals surface area contributed by atoms with Gasteiger partial charge in [0.1, 0.15) is 19.0 Å². The van der Waals surface area contributed by atoms with Crippen LogP contribution in [0.1, 0.15) is 33.9 Å². The molecule has 2 aromatic carbocycles. The van der Waals surface area contributed by atoms with Crippen molar-refractivity contribution in [2.24, 2.45) is 0 Å². The lowest BCUT2D eigenvalue weighted by Crippen LogP contribution is -2.31. The summed E-state index contributed by atoms with van der Waals surface area (Å²) in [5.74, 6) is 2.68. The fraction of sp³-hybridized carbons (Fsp3) is 0.400. The van der Waals surface area contributed by atoms with E-state index >= 15 is 0 Å². The van der Waals surface area contributed by atoms with Crippen molar-refractivity contribution >= 4 is 0 Å². The van der Waals surface area contributed by atoms with Crippen molar-refractivity contribution in [2.75, 3.05) is 26.9 Å². The zero-order chi connectivity index (χ0) is 16.7. The quantitative estimate of drug-likeness (QED) is 0.919. The Bertz CT molecular complexity index is 785. The third kappa shape index (κ3) is 2.51. The van der Waals surface area contributed by atoms with E-state index in [4.69, 9.17) is 14.2 Å². The van der Waals surface area contributed by atoms with E-state index in [1.807, 2.05) is 0 Å². The average Bonchev–Trinajstić information content (AvgIpc) is 2.61. The number of fused-ring (bicyclic) bond motifs is 2. The molecule has 1 N–H and O–H groups in total. The lowest BCUT2D eigenvalue weighted by atomic mass is 9.86. The lowest BCUT2D eigenvalue weighted by Gasteiger charge is -2.31. The van der Waals surface area contributed by atoms with Crippen molar-refractivity contribution in [1.82, 2.24) is 5.32 Å². The standard InChI is InChI=1S/C20H23NO3/c1-12-9-17(22-3)13(2)8-15(12)20-16-11-19-18(23-6-7-24-19)10-14(16)4-5-21-20/h8-11,20-21H,4-7H2,1-3H3. The van der Waals surface area contributed by atoms with Crippen LogP contribution in [0.3, 0.4) is 0 Å². The van der Waals surface area contributed by atoms with Crippen molar-refractivity contribution in [1.29, 1.82) is 0 Å². The minimum Gasteiger partial charge on any atom is -0.496 e. The molecule has 4 nitrogen and oxygen atoms in total. The monoisotopic (exact) mass is 325 g/mol. The van der Waals surface area contributed by atoms with Gasteiger partial charge in [0.25, 0.3) is 0 Å². The molecule has 0 spiro atoms. The van der Waals surface area contributed by atoms with Crippen molar-refractivity contribution in [3.8, 4) is 17.2 Å². The predicted molar refractivity (Wildman–Crippen MR) is 93.4 cm³/mol. The molecule has 0 radical (unpaired) electrons. The van der Waals surface area contributed by atoms with Crippen molar-refractivity contribution in [3.05, 3.63) is 52.1 Å². The first-order chi connectivity index (χ1) is 11.7. The summed E-state index contributed by atoms with van der Waals surface area (Å²) in [4.78, 5) is 0. The number of methoxy groups -OCH3 is 1. The molecule has 0 aromatic heterocycles. The van der Waals surface area contributed by atoms with Crippen LogP contribution in [0, 0.1) is 13.8 Å². The summed E-state index contributed by atoms with van der Waals surface area (Å²) in [7, 11) is 1.72. The zero-order valence-electron chi connectivity index (χ0n) is 14.4. The predicted octanol–water partition coefficient (Wildman–Crippen LogP) is 3.32. The largest absolute Gasteiger partial charge is 0.496 e. The van der Waals surface area contributed by atoms with Gasteiger partial charge in [-0.3, -0.25) is 0 Å². The molecule has 4 rings (SSSR count). The maximum atomic E-state index is 5.79. The molecule has 2 aliphatic rings. The molecule has 0 saturated heterocycles. The minimum atomic E-state index is 0.175. The highest BCUT2D eigenvalue weighted by Crippen LogP contribution is 2.40. The SMILES string of the molecule is COc1cc(C)c(C2NCCc3cc4c(cc32)OCCO4)cc1C. The Morgan fingerprint density at radius 1 is 0.958 bits per heavy atom. The fourth-order valence-electron chi connectivity index (χ4n) is 3.71. The van der Waals surface area contributed by atoms with Crippen LogP contribution in [0.25, 0.3) is 0 Å². The molecular weight excluding hydrogens is 302 g/mol. The van der Waals surface area contributed by atoms with Crippen molar-refractivity contribution in [2.45, 2.75) is 26.3 Å². The normalized spacial score (nSPS) is 18.9. The average molecular weight is 325 g/mol. The van der Waals surface area contributed by atoms with Crippen LogP contribution in [-0.2, 0) is 6.42 Å². The molecule has 126 valence electrons. The summed E-state index contributed by atoms with van der Waals surface area (Å²) in [6.45, 7) is 6.44. The molecule has 2 aliphatic heterocycles. The van der Waals surface area contributed by atoms with Gasteiger partial charge < -0.3 is 19.5 Å². The molecule has 0 aliphatic carbocycles. The second-order valence-electron chi connectivity index (χ2n) is 6.51. The topological polar surface area (TPSA) is 39.7 Å². The van der Waals surface area contributed by atoms with E-state index in [-0.39, 0.29) is 6.04 Å². The van der Waals surface area contributed by atoms with Crippen LogP contribution in [0.2, 0.25) is 0 Å². The van der Waals surface area contributed by atoms with E-state index < -0.39 is 0 Å². The van der Waals surface area contributed by atoms with Gasteiger partial charge in [-0.2, -0.15) is 0 Å². The zero-order valence-corrected chi connectivity index (χ0v) is 14.4. The molecule has 0 amide bonds. The molecule has 1 atom stereocenters. The first-order valence-electron chi connectivity index (χ1n) is 8.48. The van der Waals surface area contributed by atoms with Crippen molar-refractivity contribution < 1.29 is 14.2 Å². The number of benzene rings is 2. The molecule has 24 heavy (non-hydrogen) atoms. The van der Waals surface area contributed by atoms with E-state index in [2.05, 4.69) is 43.4 Å². The lowest BCUT2D eigenvalue weighted by molar-refractivity contribution is 0.171. The smallest absolute Gasteiger partial charge is 0.161 e. The van der Waals surface area contributed by atoms with Crippen molar-refractivity contribution in [3.63, 3.8) is 0 Å². The Labute approximate surface area is 142 Å². The van der Waals surface area contributed by atoms with Gasteiger partial charge in [-0.1, -0.05) is 6.07 Å². The second kappa shape index (κ2) is 6.02. The second-order valence-corrected chi connectivity index (χ2v) is 6.51. The molecule has 2 heterocycles. The van der Waals surface area contributed by atoms with Gasteiger partial charge in [-0.15, -0.1) is 0 Å². The first-order valence-corrected chi connectivity index (χ1v) is 8.48. The summed E-state index contributed by atoms with van der Waals surface area (Å²) < 4.78 is 17.0. The highest BCUT2D eigenvalue weighted by molar-refractivity contribution is 5.54. The number of nitrogens with one attached hydrogen (secondary N) is 1. The summed E-state index contributed by atoms with van der Waals surface area (Å²) in [5.41, 5.74) is 6.32. The van der Waals surface area contributed by atoms with Crippen LogP contribution in [0.5, 0.6) is 17.2 Å². The molecule has 0 saturated carbocycles. The number of ether oxygens (including phenoxy) is 3. The number of rotatable bonds is 2. The summed E-state index contributed by atoms with van der Waals surface area (Å²) in [6.07, 6.45) is 1.01. The Balaban J connectivity index is 1.81. The van der Waals surface area contributed by atoms with Crippen LogP contribution < -0.4 is 19.5 Å². The Kier molecular flexibility index (Phi) is 3.85. The summed E-state index contributed by atoms with van der Waals surface area (Å²) >= 11 is 0. The third-order valence-corrected chi connectivity index (χ3v) is 4.95. The van der Waals surface area contributed by atoms with E-state index in [1.165, 1.54) is 22.3 Å². The summed E-state index contributed by atoms with van der Waals surface area (Å²) in [5, 5.41) is 3.67. The van der Waals surface area contributed by atoms with E-state index in [9.17, 15) is 0 Å². The van der Waals surface area contributed by atoms with Crippen LogP contribution in [0.15, 0.2) is 24.3 Å². The van der Waals surface area contributed by atoms with E-state index in [1.54, 1.807) is 7.11 Å². The molecule has 4 heteroatoms. The highest BCUT2D eigenvalue weighted by atomic mass is 16.6. The van der Waals surface area contributed by atoms with Crippen LogP contribution >= 0.6 is 0 Å². The highest BCUT2D eigenvalue weighted by Gasteiger charge is 2.26. The fourth-order valence-corrected chi connectivity index (χ4v) is 3.71. The maximum Gasteiger partial charge on any atom is 0.161 e. The van der Waals surface area contributed by atoms with Gasteiger partial charge in [0, 0.05) is 6.54 Å². The van der Waals surface area contributed by atoms with E-state index in [0.717, 1.165) is 35.8 Å². The minimum absolute atomic E-state index is 0.175. The number of hydrogen-bond donors (Lipinski definition) is 1. The van der Waals surface area contributed by atoms with Gasteiger partial charge in [-0.25, -0.2) is 0 Å². The van der Waals surface area contributed by atoms with Gasteiger partial charge in [0.15, 0.2) is 11.5 Å². The molecular formula is C20H23NO3. The van der Waals surface area contributed by atoms with Crippen LogP contribution in [0.4, 0.5) is 0 Å². The Morgan fingerprint density at radius 2 is 1.71 bits per heavy atom. The van der Waals surface area contributed by atoms with Gasteiger partial charge in [-0.05, 0) is 66.3 Å². The molecule has 1 unspecified atom stereocenters. The van der Waals surface area contributed by atoms with Gasteiger partial charge >= 0.3 is 0 Å².